The van der Waals surface area contributed by atoms with Gasteiger partial charge in [-0.15, -0.1) is 0 Å². The van der Waals surface area contributed by atoms with Crippen molar-refractivity contribution in [3.05, 3.63) is 23.3 Å². The molecule has 102 valence electrons. The number of benzene rings is 1. The Morgan fingerprint density at radius 3 is 2.00 bits per heavy atom. The number of methoxy groups -OCH3 is 2. The fourth-order valence-electron chi connectivity index (χ4n) is 2.41. The van der Waals surface area contributed by atoms with Crippen molar-refractivity contribution in [2.75, 3.05) is 14.2 Å². The molecule has 2 N–H and O–H groups in total. The summed E-state index contributed by atoms with van der Waals surface area (Å²) >= 11 is 0. The number of aryl methyl sites for hydroxylation is 1. The largest absolute Gasteiger partial charge is 0.493 e. The van der Waals surface area contributed by atoms with Gasteiger partial charge in [0.1, 0.15) is 0 Å². The van der Waals surface area contributed by atoms with E-state index in [2.05, 4.69) is 20.8 Å². The molecule has 0 saturated heterocycles. The predicted molar refractivity (Wildman–Crippen MR) is 75.3 cm³/mol. The van der Waals surface area contributed by atoms with Gasteiger partial charge >= 0.3 is 0 Å². The molecule has 0 saturated carbocycles. The molecule has 1 aromatic rings. The fraction of sp³-hybridized carbons (Fsp3) is 0.600. The smallest absolute Gasteiger partial charge is 0.161 e. The lowest BCUT2D eigenvalue weighted by atomic mass is 9.87. The highest BCUT2D eigenvalue weighted by Crippen LogP contribution is 2.35. The van der Waals surface area contributed by atoms with Crippen LogP contribution in [0.5, 0.6) is 11.5 Å². The number of hydrogen-bond acceptors (Lipinski definition) is 3. The molecule has 3 nitrogen and oxygen atoms in total. The average Bonchev–Trinajstić information content (AvgIpc) is 2.39. The lowest BCUT2D eigenvalue weighted by Crippen LogP contribution is -2.21. The molecule has 0 fully saturated rings. The maximum atomic E-state index is 6.38. The van der Waals surface area contributed by atoms with Crippen molar-refractivity contribution in [1.29, 1.82) is 0 Å². The molecule has 1 rings (SSSR count). The number of ether oxygens (including phenoxy) is 2. The lowest BCUT2D eigenvalue weighted by Gasteiger charge is -2.24. The van der Waals surface area contributed by atoms with Crippen LogP contribution >= 0.6 is 0 Å². The molecule has 0 radical (unpaired) electrons. The molecule has 0 amide bonds. The molecule has 0 bridgehead atoms. The van der Waals surface area contributed by atoms with Crippen molar-refractivity contribution in [3.63, 3.8) is 0 Å². The maximum absolute atomic E-state index is 6.38. The van der Waals surface area contributed by atoms with Gasteiger partial charge in [0.15, 0.2) is 11.5 Å². The van der Waals surface area contributed by atoms with Crippen molar-refractivity contribution in [3.8, 4) is 11.5 Å². The van der Waals surface area contributed by atoms with E-state index in [1.54, 1.807) is 14.2 Å². The minimum atomic E-state index is 0.0554. The van der Waals surface area contributed by atoms with Crippen LogP contribution in [0.2, 0.25) is 0 Å². The van der Waals surface area contributed by atoms with Crippen LogP contribution in [0.1, 0.15) is 43.9 Å². The van der Waals surface area contributed by atoms with Gasteiger partial charge in [-0.25, -0.2) is 0 Å². The second-order valence-electron chi connectivity index (χ2n) is 4.67. The van der Waals surface area contributed by atoms with E-state index in [-0.39, 0.29) is 6.04 Å². The molecule has 0 spiro atoms. The highest BCUT2D eigenvalue weighted by Gasteiger charge is 2.20. The zero-order valence-electron chi connectivity index (χ0n) is 12.1. The summed E-state index contributed by atoms with van der Waals surface area (Å²) in [5, 5.41) is 0. The van der Waals surface area contributed by atoms with Crippen LogP contribution in [-0.2, 0) is 0 Å². The van der Waals surface area contributed by atoms with Gasteiger partial charge in [0.05, 0.1) is 14.2 Å². The van der Waals surface area contributed by atoms with Crippen LogP contribution in [0.25, 0.3) is 0 Å². The third kappa shape index (κ3) is 2.96. The first-order valence-corrected chi connectivity index (χ1v) is 6.57. The van der Waals surface area contributed by atoms with Crippen molar-refractivity contribution in [1.82, 2.24) is 0 Å². The molecule has 0 aliphatic rings. The summed E-state index contributed by atoms with van der Waals surface area (Å²) in [6.45, 7) is 6.44. The summed E-state index contributed by atoms with van der Waals surface area (Å²) in [6.07, 6.45) is 2.18. The third-order valence-electron chi connectivity index (χ3n) is 3.69. The van der Waals surface area contributed by atoms with Gasteiger partial charge in [-0.2, -0.15) is 0 Å². The Hall–Kier alpha value is -1.22. The summed E-state index contributed by atoms with van der Waals surface area (Å²) in [5.41, 5.74) is 8.69. The van der Waals surface area contributed by atoms with Crippen LogP contribution in [-0.4, -0.2) is 14.2 Å². The minimum Gasteiger partial charge on any atom is -0.493 e. The average molecular weight is 251 g/mol. The molecule has 0 aromatic heterocycles. The zero-order valence-corrected chi connectivity index (χ0v) is 12.1. The standard InChI is InChI=1S/C15H25NO2/c1-6-11(7-2)15(16)12-9-14(18-5)13(17-4)8-10(12)3/h8-9,11,15H,6-7,16H2,1-5H3. The Kier molecular flexibility index (Phi) is 5.48. The normalized spacial score (nSPS) is 12.6. The third-order valence-corrected chi connectivity index (χ3v) is 3.69. The molecule has 3 heteroatoms. The van der Waals surface area contributed by atoms with Gasteiger partial charge in [-0.3, -0.25) is 0 Å². The van der Waals surface area contributed by atoms with E-state index in [1.165, 1.54) is 0 Å². The fourth-order valence-corrected chi connectivity index (χ4v) is 2.41. The summed E-state index contributed by atoms with van der Waals surface area (Å²) in [6, 6.07) is 4.06. The SMILES string of the molecule is CCC(CC)C(N)c1cc(OC)c(OC)cc1C. The number of hydrogen-bond donors (Lipinski definition) is 1. The first kappa shape index (κ1) is 14.8. The second kappa shape index (κ2) is 6.64. The van der Waals surface area contributed by atoms with E-state index < -0.39 is 0 Å². The van der Waals surface area contributed by atoms with Gasteiger partial charge in [0, 0.05) is 6.04 Å². The van der Waals surface area contributed by atoms with Gasteiger partial charge in [-0.1, -0.05) is 26.7 Å². The van der Waals surface area contributed by atoms with Gasteiger partial charge in [-0.05, 0) is 36.1 Å². The van der Waals surface area contributed by atoms with Crippen LogP contribution in [0.15, 0.2) is 12.1 Å². The molecule has 1 atom stereocenters. The van der Waals surface area contributed by atoms with E-state index in [0.29, 0.717) is 5.92 Å². The number of rotatable bonds is 6. The molecular weight excluding hydrogens is 226 g/mol. The summed E-state index contributed by atoms with van der Waals surface area (Å²) in [5.74, 6) is 2.01. The Morgan fingerprint density at radius 2 is 1.56 bits per heavy atom. The monoisotopic (exact) mass is 251 g/mol. The lowest BCUT2D eigenvalue weighted by molar-refractivity contribution is 0.351. The van der Waals surface area contributed by atoms with E-state index in [9.17, 15) is 0 Å². The van der Waals surface area contributed by atoms with Gasteiger partial charge in [0.25, 0.3) is 0 Å². The predicted octanol–water partition coefficient (Wildman–Crippen LogP) is 3.45. The van der Waals surface area contributed by atoms with Crippen LogP contribution in [0.4, 0.5) is 0 Å². The van der Waals surface area contributed by atoms with Crippen LogP contribution < -0.4 is 15.2 Å². The van der Waals surface area contributed by atoms with Crippen molar-refractivity contribution < 1.29 is 9.47 Å². The van der Waals surface area contributed by atoms with Gasteiger partial charge in [0.2, 0.25) is 0 Å². The van der Waals surface area contributed by atoms with Gasteiger partial charge < -0.3 is 15.2 Å². The Morgan fingerprint density at radius 1 is 1.06 bits per heavy atom. The molecule has 1 unspecified atom stereocenters. The topological polar surface area (TPSA) is 44.5 Å². The molecular formula is C15H25NO2. The van der Waals surface area contributed by atoms with Crippen LogP contribution in [0, 0.1) is 12.8 Å². The maximum Gasteiger partial charge on any atom is 0.161 e. The molecule has 1 aromatic carbocycles. The molecule has 0 aliphatic heterocycles. The highest BCUT2D eigenvalue weighted by molar-refractivity contribution is 5.48. The van der Waals surface area contributed by atoms with E-state index in [4.69, 9.17) is 15.2 Å². The van der Waals surface area contributed by atoms with E-state index in [1.807, 2.05) is 12.1 Å². The van der Waals surface area contributed by atoms with Crippen molar-refractivity contribution in [2.45, 2.75) is 39.7 Å². The Balaban J connectivity index is 3.16. The summed E-state index contributed by atoms with van der Waals surface area (Å²) in [4.78, 5) is 0. The number of nitrogens with two attached hydrogens (primary N) is 1. The second-order valence-corrected chi connectivity index (χ2v) is 4.67. The van der Waals surface area contributed by atoms with E-state index in [0.717, 1.165) is 35.5 Å². The zero-order chi connectivity index (χ0) is 13.7. The quantitative estimate of drug-likeness (QED) is 0.842. The highest BCUT2D eigenvalue weighted by atomic mass is 16.5. The molecule has 0 aliphatic carbocycles. The molecule has 18 heavy (non-hydrogen) atoms. The van der Waals surface area contributed by atoms with Crippen LogP contribution in [0.3, 0.4) is 0 Å². The summed E-state index contributed by atoms with van der Waals surface area (Å²) in [7, 11) is 3.30. The minimum absolute atomic E-state index is 0.0554. The molecule has 0 heterocycles. The van der Waals surface area contributed by atoms with E-state index >= 15 is 0 Å². The van der Waals surface area contributed by atoms with Crippen molar-refractivity contribution >= 4 is 0 Å². The first-order chi connectivity index (χ1) is 8.58. The Labute approximate surface area is 110 Å². The summed E-state index contributed by atoms with van der Waals surface area (Å²) < 4.78 is 10.6. The Bertz CT molecular complexity index is 386. The van der Waals surface area contributed by atoms with Crippen molar-refractivity contribution in [2.24, 2.45) is 11.7 Å². The first-order valence-electron chi connectivity index (χ1n) is 6.57.